The van der Waals surface area contributed by atoms with Gasteiger partial charge in [-0.25, -0.2) is 9.79 Å². The van der Waals surface area contributed by atoms with Crippen LogP contribution in [-0.2, 0) is 0 Å². The fraction of sp³-hybridized carbons (Fsp3) is 0.0526. The van der Waals surface area contributed by atoms with Crippen LogP contribution in [0.1, 0.15) is 11.1 Å². The van der Waals surface area contributed by atoms with Crippen LogP contribution < -0.4 is 5.63 Å². The maximum absolute atomic E-state index is 12.3. The predicted octanol–water partition coefficient (Wildman–Crippen LogP) is 4.08. The molecule has 0 radical (unpaired) electrons. The van der Waals surface area contributed by atoms with E-state index in [0.717, 1.165) is 5.56 Å². The van der Waals surface area contributed by atoms with Crippen LogP contribution in [0, 0.1) is 0 Å². The number of halogens is 1. The summed E-state index contributed by atoms with van der Waals surface area (Å²) in [7, 11) is 0. The van der Waals surface area contributed by atoms with Crippen molar-refractivity contribution in [3.63, 3.8) is 0 Å². The summed E-state index contributed by atoms with van der Waals surface area (Å²) in [5, 5.41) is 20.1. The van der Waals surface area contributed by atoms with Gasteiger partial charge < -0.3 is 9.52 Å². The van der Waals surface area contributed by atoms with Gasteiger partial charge in [-0.05, 0) is 29.8 Å². The van der Waals surface area contributed by atoms with E-state index in [2.05, 4.69) is 15.2 Å². The number of hydrogen-bond acceptors (Lipinski definition) is 6. The molecule has 3 aromatic rings. The van der Waals surface area contributed by atoms with Crippen molar-refractivity contribution in [3.8, 4) is 5.75 Å². The van der Waals surface area contributed by atoms with Crippen LogP contribution >= 0.6 is 23.4 Å². The van der Waals surface area contributed by atoms with Gasteiger partial charge in [0.2, 0.25) is 5.17 Å². The van der Waals surface area contributed by atoms with Crippen molar-refractivity contribution in [2.75, 3.05) is 5.75 Å². The van der Waals surface area contributed by atoms with E-state index in [9.17, 15) is 9.90 Å². The monoisotopic (exact) mass is 397 g/mol. The fourth-order valence-corrected chi connectivity index (χ4v) is 3.45. The van der Waals surface area contributed by atoms with Gasteiger partial charge in [0, 0.05) is 10.8 Å². The minimum absolute atomic E-state index is 0.0630. The largest absolute Gasteiger partial charge is 0.506 e. The highest BCUT2D eigenvalue weighted by Crippen LogP contribution is 2.29. The molecule has 6 nitrogen and oxygen atoms in total. The van der Waals surface area contributed by atoms with Gasteiger partial charge in [-0.3, -0.25) is 0 Å². The molecule has 1 aromatic heterocycles. The molecule has 2 heterocycles. The summed E-state index contributed by atoms with van der Waals surface area (Å²) in [6.07, 6.45) is 1.58. The van der Waals surface area contributed by atoms with E-state index in [0.29, 0.717) is 32.6 Å². The number of fused-ring (bicyclic) bond motifs is 1. The Kier molecular flexibility index (Phi) is 4.79. The topological polar surface area (TPSA) is 87.5 Å². The number of aliphatic imine (C=N–C) groups is 1. The zero-order valence-corrected chi connectivity index (χ0v) is 15.4. The summed E-state index contributed by atoms with van der Waals surface area (Å²) in [5.74, 6) is 0.262. The Morgan fingerprint density at radius 3 is 2.78 bits per heavy atom. The van der Waals surface area contributed by atoms with Crippen LogP contribution in [-0.4, -0.2) is 28.0 Å². The normalized spacial score (nSPS) is 15.7. The second-order valence-corrected chi connectivity index (χ2v) is 7.01. The zero-order chi connectivity index (χ0) is 18.8. The van der Waals surface area contributed by atoms with Crippen molar-refractivity contribution in [1.82, 2.24) is 0 Å². The molecule has 8 heteroatoms. The van der Waals surface area contributed by atoms with E-state index in [1.807, 2.05) is 12.1 Å². The van der Waals surface area contributed by atoms with Gasteiger partial charge in [0.1, 0.15) is 16.9 Å². The maximum atomic E-state index is 12.3. The van der Waals surface area contributed by atoms with Crippen LogP contribution in [0.4, 0.5) is 0 Å². The van der Waals surface area contributed by atoms with Crippen molar-refractivity contribution < 1.29 is 9.52 Å². The Hall–Kier alpha value is -2.90. The van der Waals surface area contributed by atoms with E-state index in [-0.39, 0.29) is 11.3 Å². The second kappa shape index (κ2) is 7.38. The Labute approximate surface area is 162 Å². The summed E-state index contributed by atoms with van der Waals surface area (Å²) >= 11 is 7.16. The number of benzene rings is 2. The molecule has 0 saturated heterocycles. The average Bonchev–Trinajstić information content (AvgIpc) is 3.12. The molecular formula is C19H12ClN3O3S. The SMILES string of the molecule is O=c1oc2ccccc2c(O)c1C1=N/C(=N/N=Cc2ccc(Cl)cc2)SC1. The van der Waals surface area contributed by atoms with Crippen LogP contribution in [0.25, 0.3) is 11.0 Å². The van der Waals surface area contributed by atoms with Crippen LogP contribution in [0.3, 0.4) is 0 Å². The molecule has 0 fully saturated rings. The molecular weight excluding hydrogens is 386 g/mol. The molecule has 0 aliphatic carbocycles. The lowest BCUT2D eigenvalue weighted by Gasteiger charge is -2.04. The molecule has 1 aliphatic rings. The lowest BCUT2D eigenvalue weighted by Crippen LogP contribution is -2.15. The molecule has 4 rings (SSSR count). The molecule has 0 unspecified atom stereocenters. The molecule has 1 N–H and O–H groups in total. The highest BCUT2D eigenvalue weighted by atomic mass is 35.5. The zero-order valence-electron chi connectivity index (χ0n) is 13.8. The lowest BCUT2D eigenvalue weighted by atomic mass is 10.1. The van der Waals surface area contributed by atoms with Gasteiger partial charge in [-0.2, -0.15) is 5.10 Å². The van der Waals surface area contributed by atoms with Crippen LogP contribution in [0.2, 0.25) is 5.02 Å². The molecule has 134 valence electrons. The van der Waals surface area contributed by atoms with Gasteiger partial charge in [0.25, 0.3) is 0 Å². The second-order valence-electron chi connectivity index (χ2n) is 5.64. The molecule has 27 heavy (non-hydrogen) atoms. The summed E-state index contributed by atoms with van der Waals surface area (Å²) in [4.78, 5) is 16.6. The van der Waals surface area contributed by atoms with Crippen molar-refractivity contribution >= 4 is 51.4 Å². The Morgan fingerprint density at radius 1 is 1.19 bits per heavy atom. The van der Waals surface area contributed by atoms with Crippen molar-refractivity contribution in [2.45, 2.75) is 0 Å². The van der Waals surface area contributed by atoms with Crippen LogP contribution in [0.5, 0.6) is 5.75 Å². The Bertz CT molecular complexity index is 1170. The van der Waals surface area contributed by atoms with Gasteiger partial charge in [-0.15, -0.1) is 5.10 Å². The van der Waals surface area contributed by atoms with E-state index in [1.165, 1.54) is 11.8 Å². The van der Waals surface area contributed by atoms with Crippen molar-refractivity contribution in [1.29, 1.82) is 0 Å². The average molecular weight is 398 g/mol. The van der Waals surface area contributed by atoms with Gasteiger partial charge in [0.05, 0.1) is 17.3 Å². The van der Waals surface area contributed by atoms with E-state index < -0.39 is 5.63 Å². The minimum Gasteiger partial charge on any atom is -0.506 e. The predicted molar refractivity (Wildman–Crippen MR) is 110 cm³/mol. The third kappa shape index (κ3) is 3.65. The summed E-state index contributed by atoms with van der Waals surface area (Å²) < 4.78 is 5.28. The first-order valence-electron chi connectivity index (χ1n) is 7.94. The highest BCUT2D eigenvalue weighted by molar-refractivity contribution is 8.15. The number of amidine groups is 1. The third-order valence-electron chi connectivity index (χ3n) is 3.86. The number of thioether (sulfide) groups is 1. The molecule has 1 aliphatic heterocycles. The van der Waals surface area contributed by atoms with Crippen molar-refractivity contribution in [2.24, 2.45) is 15.2 Å². The first kappa shape index (κ1) is 17.5. The van der Waals surface area contributed by atoms with Gasteiger partial charge in [-0.1, -0.05) is 47.6 Å². The third-order valence-corrected chi connectivity index (χ3v) is 4.96. The molecule has 0 amide bonds. The Morgan fingerprint density at radius 2 is 1.96 bits per heavy atom. The number of hydrogen-bond donors (Lipinski definition) is 1. The lowest BCUT2D eigenvalue weighted by molar-refractivity contribution is 0.466. The summed E-state index contributed by atoms with van der Waals surface area (Å²) in [5.41, 5.74) is 1.03. The maximum Gasteiger partial charge on any atom is 0.349 e. The first-order valence-corrected chi connectivity index (χ1v) is 9.30. The minimum atomic E-state index is -0.628. The fourth-order valence-electron chi connectivity index (χ4n) is 2.57. The molecule has 2 aromatic carbocycles. The number of rotatable bonds is 3. The van der Waals surface area contributed by atoms with E-state index >= 15 is 0 Å². The smallest absolute Gasteiger partial charge is 0.349 e. The molecule has 0 saturated carbocycles. The van der Waals surface area contributed by atoms with Crippen molar-refractivity contribution in [3.05, 3.63) is 75.1 Å². The number of aromatic hydroxyl groups is 1. The van der Waals surface area contributed by atoms with E-state index in [4.69, 9.17) is 16.0 Å². The van der Waals surface area contributed by atoms with Gasteiger partial charge in [0.15, 0.2) is 0 Å². The van der Waals surface area contributed by atoms with E-state index in [1.54, 1.807) is 42.6 Å². The Balaban J connectivity index is 1.63. The summed E-state index contributed by atoms with van der Waals surface area (Å²) in [6, 6.07) is 14.0. The summed E-state index contributed by atoms with van der Waals surface area (Å²) in [6.45, 7) is 0. The first-order chi connectivity index (χ1) is 13.1. The quantitative estimate of drug-likeness (QED) is 0.410. The number of nitrogens with zero attached hydrogens (tertiary/aromatic N) is 3. The molecule has 0 spiro atoms. The molecule has 0 atom stereocenters. The van der Waals surface area contributed by atoms with Gasteiger partial charge >= 0.3 is 5.63 Å². The standard InChI is InChI=1S/C19H12ClN3O3S/c20-12-7-5-11(6-8-12)9-21-23-19-22-14(10-27-19)16-17(24)13-3-1-2-4-15(13)26-18(16)25/h1-9,24H,10H2/b21-9?,23-19-. The number of para-hydroxylation sites is 1. The highest BCUT2D eigenvalue weighted by Gasteiger charge is 2.24. The van der Waals surface area contributed by atoms with Crippen LogP contribution in [0.15, 0.2) is 72.9 Å². The molecule has 0 bridgehead atoms.